The summed E-state index contributed by atoms with van der Waals surface area (Å²) in [5, 5.41) is 12.6. The minimum Gasteiger partial charge on any atom is -0.493 e. The van der Waals surface area contributed by atoms with Crippen molar-refractivity contribution in [1.29, 1.82) is 0 Å². The third-order valence-corrected chi connectivity index (χ3v) is 5.33. The van der Waals surface area contributed by atoms with Crippen molar-refractivity contribution >= 4 is 23.2 Å². The van der Waals surface area contributed by atoms with Crippen LogP contribution in [0.5, 0.6) is 11.5 Å². The van der Waals surface area contributed by atoms with Gasteiger partial charge in [0, 0.05) is 12.1 Å². The van der Waals surface area contributed by atoms with E-state index < -0.39 is 11.9 Å². The van der Waals surface area contributed by atoms with Crippen LogP contribution in [0.2, 0.25) is 0 Å². The molecule has 0 fully saturated rings. The molecule has 0 spiro atoms. The molecule has 0 saturated heterocycles. The van der Waals surface area contributed by atoms with Crippen LogP contribution in [0.3, 0.4) is 0 Å². The smallest absolute Gasteiger partial charge is 0.308 e. The number of nitrogens with zero attached hydrogens (tertiary/aromatic N) is 1. The maximum atomic E-state index is 12.5. The molecule has 0 radical (unpaired) electrons. The highest BCUT2D eigenvalue weighted by Gasteiger charge is 2.21. The SMILES string of the molecule is CCCC(CNC(=O)c1sc(-c2ccc(OC)c(OC)c2)nc1C)C(=O)O. The Hall–Kier alpha value is -2.61. The molecule has 2 rings (SSSR count). The second-order valence-corrected chi connectivity index (χ2v) is 7.04. The summed E-state index contributed by atoms with van der Waals surface area (Å²) in [4.78, 5) is 28.7. The molecule has 2 aromatic rings. The van der Waals surface area contributed by atoms with E-state index in [1.165, 1.54) is 11.3 Å². The minimum atomic E-state index is -0.899. The average Bonchev–Trinajstić information content (AvgIpc) is 3.05. The van der Waals surface area contributed by atoms with Gasteiger partial charge in [0.15, 0.2) is 11.5 Å². The first kappa shape index (κ1) is 20.7. The van der Waals surface area contributed by atoms with Crippen molar-refractivity contribution in [3.05, 3.63) is 28.8 Å². The number of hydrogen-bond donors (Lipinski definition) is 2. The molecule has 1 unspecified atom stereocenters. The number of carbonyl (C=O) groups excluding carboxylic acids is 1. The predicted octanol–water partition coefficient (Wildman–Crippen LogP) is 3.37. The zero-order valence-electron chi connectivity index (χ0n) is 15.9. The molecule has 1 atom stereocenters. The van der Waals surface area contributed by atoms with E-state index in [0.717, 1.165) is 12.0 Å². The maximum absolute atomic E-state index is 12.5. The summed E-state index contributed by atoms with van der Waals surface area (Å²) in [6.07, 6.45) is 1.27. The Balaban J connectivity index is 2.18. The molecule has 0 aliphatic carbocycles. The van der Waals surface area contributed by atoms with Gasteiger partial charge in [-0.3, -0.25) is 9.59 Å². The first-order valence-corrected chi connectivity index (χ1v) is 9.43. The summed E-state index contributed by atoms with van der Waals surface area (Å²) in [7, 11) is 3.12. The van der Waals surface area contributed by atoms with Crippen LogP contribution in [0.1, 0.15) is 35.1 Å². The summed E-state index contributed by atoms with van der Waals surface area (Å²) < 4.78 is 10.5. The Morgan fingerprint density at radius 3 is 2.56 bits per heavy atom. The Kier molecular flexibility index (Phi) is 7.18. The Labute approximate surface area is 162 Å². The molecule has 0 aliphatic rings. The third-order valence-electron chi connectivity index (χ3n) is 4.13. The number of aryl methyl sites for hydroxylation is 1. The number of nitrogens with one attached hydrogen (secondary N) is 1. The quantitative estimate of drug-likeness (QED) is 0.679. The van der Waals surface area contributed by atoms with E-state index >= 15 is 0 Å². The Bertz CT molecular complexity index is 818. The number of aromatic nitrogens is 1. The number of methoxy groups -OCH3 is 2. The lowest BCUT2D eigenvalue weighted by Crippen LogP contribution is -2.32. The summed E-state index contributed by atoms with van der Waals surface area (Å²) in [6, 6.07) is 5.44. The molecule has 1 amide bonds. The highest BCUT2D eigenvalue weighted by molar-refractivity contribution is 7.17. The predicted molar refractivity (Wildman–Crippen MR) is 104 cm³/mol. The van der Waals surface area contributed by atoms with Crippen LogP contribution in [0.25, 0.3) is 10.6 Å². The number of amides is 1. The van der Waals surface area contributed by atoms with Crippen molar-refractivity contribution in [2.24, 2.45) is 5.92 Å². The molecular formula is C19H24N2O5S. The lowest BCUT2D eigenvalue weighted by Gasteiger charge is -2.11. The summed E-state index contributed by atoms with van der Waals surface area (Å²) in [5.41, 5.74) is 1.42. The second kappa shape index (κ2) is 9.36. The van der Waals surface area contributed by atoms with Gasteiger partial charge in [-0.25, -0.2) is 4.98 Å². The molecule has 27 heavy (non-hydrogen) atoms. The van der Waals surface area contributed by atoms with E-state index in [1.807, 2.05) is 13.0 Å². The van der Waals surface area contributed by atoms with Crippen molar-refractivity contribution < 1.29 is 24.2 Å². The number of thiazole rings is 1. The van der Waals surface area contributed by atoms with Crippen LogP contribution in [0, 0.1) is 12.8 Å². The number of benzene rings is 1. The van der Waals surface area contributed by atoms with Crippen LogP contribution < -0.4 is 14.8 Å². The monoisotopic (exact) mass is 392 g/mol. The molecule has 8 heteroatoms. The van der Waals surface area contributed by atoms with Crippen molar-refractivity contribution in [1.82, 2.24) is 10.3 Å². The molecule has 1 heterocycles. The van der Waals surface area contributed by atoms with Gasteiger partial charge in [-0.2, -0.15) is 0 Å². The molecule has 0 saturated carbocycles. The summed E-state index contributed by atoms with van der Waals surface area (Å²) >= 11 is 1.26. The number of rotatable bonds is 9. The number of carbonyl (C=O) groups is 2. The van der Waals surface area contributed by atoms with Crippen LogP contribution >= 0.6 is 11.3 Å². The van der Waals surface area contributed by atoms with Gasteiger partial charge in [-0.1, -0.05) is 13.3 Å². The molecular weight excluding hydrogens is 368 g/mol. The van der Waals surface area contributed by atoms with Gasteiger partial charge in [0.05, 0.1) is 25.8 Å². The minimum absolute atomic E-state index is 0.102. The van der Waals surface area contributed by atoms with Crippen LogP contribution in [-0.2, 0) is 4.79 Å². The molecule has 7 nitrogen and oxygen atoms in total. The summed E-state index contributed by atoms with van der Waals surface area (Å²) in [6.45, 7) is 3.78. The van der Waals surface area contributed by atoms with Gasteiger partial charge in [-0.15, -0.1) is 11.3 Å². The first-order valence-electron chi connectivity index (χ1n) is 8.62. The van der Waals surface area contributed by atoms with Gasteiger partial charge < -0.3 is 19.9 Å². The zero-order valence-corrected chi connectivity index (χ0v) is 16.7. The van der Waals surface area contributed by atoms with E-state index in [4.69, 9.17) is 9.47 Å². The second-order valence-electron chi connectivity index (χ2n) is 6.04. The van der Waals surface area contributed by atoms with E-state index in [9.17, 15) is 14.7 Å². The number of hydrogen-bond acceptors (Lipinski definition) is 6. The lowest BCUT2D eigenvalue weighted by atomic mass is 10.0. The molecule has 1 aromatic carbocycles. The Morgan fingerprint density at radius 1 is 1.26 bits per heavy atom. The standard InChI is InChI=1S/C19H24N2O5S/c1-5-6-13(19(23)24)10-20-17(22)16-11(2)21-18(27-16)12-7-8-14(25-3)15(9-12)26-4/h7-9,13H,5-6,10H2,1-4H3,(H,20,22)(H,23,24). The first-order chi connectivity index (χ1) is 12.9. The average molecular weight is 392 g/mol. The van der Waals surface area contributed by atoms with Crippen LogP contribution in [0.15, 0.2) is 18.2 Å². The number of carboxylic acids is 1. The van der Waals surface area contributed by atoms with Gasteiger partial charge >= 0.3 is 5.97 Å². The topological polar surface area (TPSA) is 97.8 Å². The number of carboxylic acid groups (broad SMARTS) is 1. The number of ether oxygens (including phenoxy) is 2. The maximum Gasteiger partial charge on any atom is 0.308 e. The van der Waals surface area contributed by atoms with Gasteiger partial charge in [0.1, 0.15) is 9.88 Å². The van der Waals surface area contributed by atoms with Crippen molar-refractivity contribution in [2.75, 3.05) is 20.8 Å². The Morgan fingerprint density at radius 2 is 1.96 bits per heavy atom. The number of aliphatic carboxylic acids is 1. The molecule has 0 aliphatic heterocycles. The van der Waals surface area contributed by atoms with E-state index in [-0.39, 0.29) is 12.5 Å². The van der Waals surface area contributed by atoms with Gasteiger partial charge in [-0.05, 0) is 31.5 Å². The molecule has 0 bridgehead atoms. The van der Waals surface area contributed by atoms with Gasteiger partial charge in [0.25, 0.3) is 5.91 Å². The highest BCUT2D eigenvalue weighted by Crippen LogP contribution is 2.34. The lowest BCUT2D eigenvalue weighted by molar-refractivity contribution is -0.141. The molecule has 1 aromatic heterocycles. The van der Waals surface area contributed by atoms with E-state index in [2.05, 4.69) is 10.3 Å². The van der Waals surface area contributed by atoms with Crippen molar-refractivity contribution in [3.63, 3.8) is 0 Å². The summed E-state index contributed by atoms with van der Waals surface area (Å²) in [5.74, 6) is -0.596. The normalized spacial score (nSPS) is 11.7. The fourth-order valence-corrected chi connectivity index (χ4v) is 3.64. The molecule has 146 valence electrons. The fraction of sp³-hybridized carbons (Fsp3) is 0.421. The van der Waals surface area contributed by atoms with Crippen LogP contribution in [0.4, 0.5) is 0 Å². The highest BCUT2D eigenvalue weighted by atomic mass is 32.1. The van der Waals surface area contributed by atoms with E-state index in [1.54, 1.807) is 33.3 Å². The molecule has 2 N–H and O–H groups in total. The zero-order chi connectivity index (χ0) is 20.0. The van der Waals surface area contributed by atoms with Crippen molar-refractivity contribution in [2.45, 2.75) is 26.7 Å². The van der Waals surface area contributed by atoms with Crippen molar-refractivity contribution in [3.8, 4) is 22.1 Å². The van der Waals surface area contributed by atoms with Gasteiger partial charge in [0.2, 0.25) is 0 Å². The van der Waals surface area contributed by atoms with E-state index in [0.29, 0.717) is 33.5 Å². The largest absolute Gasteiger partial charge is 0.493 e. The third kappa shape index (κ3) is 4.97. The van der Waals surface area contributed by atoms with Crippen LogP contribution in [-0.4, -0.2) is 42.7 Å². The fourth-order valence-electron chi connectivity index (χ4n) is 2.66.